The summed E-state index contributed by atoms with van der Waals surface area (Å²) >= 11 is 0. The Kier molecular flexibility index (Phi) is 5.58. The molecule has 3 atom stereocenters. The van der Waals surface area contributed by atoms with Crippen molar-refractivity contribution in [3.05, 3.63) is 84.1 Å². The summed E-state index contributed by atoms with van der Waals surface area (Å²) in [6, 6.07) is 21.3. The number of rotatable bonds is 5. The van der Waals surface area contributed by atoms with Crippen LogP contribution in [0.2, 0.25) is 0 Å². The number of carbonyl (C=O) groups excluding carboxylic acids is 1. The SMILES string of the molecule is O=C1Nc2ccccc2C(c2ccccc2)=NC1Nc1nnc(-c2cccnc2N2CC3COC[C@@H]3C2)o1. The number of para-hydroxylation sites is 1. The van der Waals surface area contributed by atoms with Crippen LogP contribution in [0.4, 0.5) is 17.5 Å². The van der Waals surface area contributed by atoms with Gasteiger partial charge in [0.15, 0.2) is 0 Å². The normalized spacial score (nSPS) is 22.3. The number of benzodiazepines with no additional fused rings is 1. The van der Waals surface area contributed by atoms with Crippen LogP contribution in [0.5, 0.6) is 0 Å². The molecule has 2 N–H and O–H groups in total. The van der Waals surface area contributed by atoms with Crippen molar-refractivity contribution in [3.8, 4) is 11.5 Å². The van der Waals surface area contributed by atoms with Crippen LogP contribution in [-0.4, -0.2) is 59.3 Å². The van der Waals surface area contributed by atoms with Gasteiger partial charge in [0, 0.05) is 42.2 Å². The van der Waals surface area contributed by atoms with E-state index in [0.717, 1.165) is 48.8 Å². The Hall–Kier alpha value is -4.57. The fourth-order valence-corrected chi connectivity index (χ4v) is 5.36. The van der Waals surface area contributed by atoms with Gasteiger partial charge in [-0.2, -0.15) is 0 Å². The minimum absolute atomic E-state index is 0.101. The number of aromatic nitrogens is 3. The maximum atomic E-state index is 13.2. The van der Waals surface area contributed by atoms with Gasteiger partial charge in [0.25, 0.3) is 11.8 Å². The van der Waals surface area contributed by atoms with E-state index in [2.05, 4.69) is 30.7 Å². The number of nitrogens with zero attached hydrogens (tertiary/aromatic N) is 5. The van der Waals surface area contributed by atoms with Crippen LogP contribution in [-0.2, 0) is 9.53 Å². The van der Waals surface area contributed by atoms with Crippen LogP contribution in [0, 0.1) is 11.8 Å². The minimum atomic E-state index is -0.975. The topological polar surface area (TPSA) is 118 Å². The average molecular weight is 508 g/mol. The minimum Gasteiger partial charge on any atom is -0.403 e. The van der Waals surface area contributed by atoms with E-state index in [0.29, 0.717) is 29.1 Å². The van der Waals surface area contributed by atoms with E-state index < -0.39 is 6.17 Å². The Morgan fingerprint density at radius 2 is 1.66 bits per heavy atom. The van der Waals surface area contributed by atoms with Crippen LogP contribution in [0.3, 0.4) is 0 Å². The van der Waals surface area contributed by atoms with Crippen molar-refractivity contribution >= 4 is 29.1 Å². The van der Waals surface area contributed by atoms with Gasteiger partial charge in [0.05, 0.1) is 30.2 Å². The smallest absolute Gasteiger partial charge is 0.317 e. The maximum Gasteiger partial charge on any atom is 0.317 e. The summed E-state index contributed by atoms with van der Waals surface area (Å²) in [5.41, 5.74) is 3.87. The van der Waals surface area contributed by atoms with Crippen LogP contribution in [0.15, 0.2) is 82.3 Å². The third-order valence-corrected chi connectivity index (χ3v) is 7.24. The Labute approximate surface area is 218 Å². The molecular weight excluding hydrogens is 482 g/mol. The van der Waals surface area contributed by atoms with E-state index in [1.807, 2.05) is 66.7 Å². The zero-order valence-electron chi connectivity index (χ0n) is 20.4. The average Bonchev–Trinajstić information content (AvgIpc) is 3.67. The molecule has 2 fully saturated rings. The van der Waals surface area contributed by atoms with Gasteiger partial charge in [-0.3, -0.25) is 4.79 Å². The van der Waals surface area contributed by atoms with E-state index in [1.54, 1.807) is 6.20 Å². The summed E-state index contributed by atoms with van der Waals surface area (Å²) in [6.45, 7) is 3.34. The molecule has 0 radical (unpaired) electrons. The molecule has 10 heteroatoms. The summed E-state index contributed by atoms with van der Waals surface area (Å²) in [7, 11) is 0. The summed E-state index contributed by atoms with van der Waals surface area (Å²) in [4.78, 5) is 24.8. The molecule has 3 aliphatic heterocycles. The van der Waals surface area contributed by atoms with Gasteiger partial charge in [-0.05, 0) is 18.2 Å². The molecule has 2 saturated heterocycles. The molecule has 0 bridgehead atoms. The van der Waals surface area contributed by atoms with Crippen molar-refractivity contribution in [1.82, 2.24) is 15.2 Å². The summed E-state index contributed by atoms with van der Waals surface area (Å²) in [6.07, 6.45) is 0.795. The molecule has 0 spiro atoms. The molecule has 190 valence electrons. The van der Waals surface area contributed by atoms with Crippen molar-refractivity contribution in [2.24, 2.45) is 16.8 Å². The Morgan fingerprint density at radius 1 is 0.895 bits per heavy atom. The zero-order valence-corrected chi connectivity index (χ0v) is 20.4. The monoisotopic (exact) mass is 507 g/mol. The first-order chi connectivity index (χ1) is 18.7. The lowest BCUT2D eigenvalue weighted by atomic mass is 10.0. The van der Waals surface area contributed by atoms with Gasteiger partial charge in [-0.25, -0.2) is 9.98 Å². The van der Waals surface area contributed by atoms with Crippen LogP contribution < -0.4 is 15.5 Å². The van der Waals surface area contributed by atoms with Crippen molar-refractivity contribution < 1.29 is 13.9 Å². The molecule has 38 heavy (non-hydrogen) atoms. The van der Waals surface area contributed by atoms with E-state index in [-0.39, 0.29) is 11.9 Å². The highest BCUT2D eigenvalue weighted by Gasteiger charge is 2.38. The number of hydrogen-bond acceptors (Lipinski definition) is 9. The third kappa shape index (κ3) is 4.08. The lowest BCUT2D eigenvalue weighted by molar-refractivity contribution is -0.116. The van der Waals surface area contributed by atoms with Crippen LogP contribution in [0.1, 0.15) is 11.1 Å². The largest absolute Gasteiger partial charge is 0.403 e. The first-order valence-corrected chi connectivity index (χ1v) is 12.6. The van der Waals surface area contributed by atoms with Crippen molar-refractivity contribution in [2.75, 3.05) is 41.8 Å². The second-order valence-electron chi connectivity index (χ2n) is 9.67. The lowest BCUT2D eigenvalue weighted by Gasteiger charge is -2.20. The number of pyridine rings is 1. The van der Waals surface area contributed by atoms with E-state index in [9.17, 15) is 4.79 Å². The highest BCUT2D eigenvalue weighted by molar-refractivity contribution is 6.19. The molecule has 1 amide bonds. The van der Waals surface area contributed by atoms with E-state index in [4.69, 9.17) is 14.1 Å². The zero-order chi connectivity index (χ0) is 25.5. The predicted molar refractivity (Wildman–Crippen MR) is 142 cm³/mol. The fourth-order valence-electron chi connectivity index (χ4n) is 5.36. The van der Waals surface area contributed by atoms with Gasteiger partial charge < -0.3 is 24.7 Å². The molecule has 0 aliphatic carbocycles. The molecule has 3 aliphatic rings. The number of benzene rings is 2. The number of nitrogens with one attached hydrogen (secondary N) is 2. The fraction of sp³-hybridized carbons (Fsp3) is 0.250. The van der Waals surface area contributed by atoms with Crippen molar-refractivity contribution in [2.45, 2.75) is 6.17 Å². The van der Waals surface area contributed by atoms with Gasteiger partial charge in [-0.1, -0.05) is 53.6 Å². The number of fused-ring (bicyclic) bond motifs is 2. The molecule has 2 aromatic heterocycles. The van der Waals surface area contributed by atoms with E-state index in [1.165, 1.54) is 0 Å². The third-order valence-electron chi connectivity index (χ3n) is 7.24. The number of amides is 1. The molecule has 2 unspecified atom stereocenters. The molecule has 0 saturated carbocycles. The first kappa shape index (κ1) is 22.6. The summed E-state index contributed by atoms with van der Waals surface area (Å²) in [5.74, 6) is 1.84. The highest BCUT2D eigenvalue weighted by Crippen LogP contribution is 2.36. The van der Waals surface area contributed by atoms with Crippen LogP contribution in [0.25, 0.3) is 11.5 Å². The molecule has 4 aromatic rings. The number of carbonyl (C=O) groups is 1. The highest BCUT2D eigenvalue weighted by atomic mass is 16.5. The Balaban J connectivity index is 1.18. The van der Waals surface area contributed by atoms with Gasteiger partial charge in [-0.15, -0.1) is 5.10 Å². The number of aliphatic imine (C=N–C) groups is 1. The Bertz CT molecular complexity index is 1510. The maximum absolute atomic E-state index is 13.2. The van der Waals surface area contributed by atoms with Gasteiger partial charge in [0.2, 0.25) is 6.17 Å². The molecule has 5 heterocycles. The quantitative estimate of drug-likeness (QED) is 0.422. The van der Waals surface area contributed by atoms with Crippen molar-refractivity contribution in [1.29, 1.82) is 0 Å². The lowest BCUT2D eigenvalue weighted by Crippen LogP contribution is -2.32. The van der Waals surface area contributed by atoms with E-state index >= 15 is 0 Å². The molecule has 7 rings (SSSR count). The van der Waals surface area contributed by atoms with Crippen LogP contribution >= 0.6 is 0 Å². The second kappa shape index (κ2) is 9.38. The van der Waals surface area contributed by atoms with Crippen molar-refractivity contribution in [3.63, 3.8) is 0 Å². The number of ether oxygens (including phenoxy) is 1. The van der Waals surface area contributed by atoms with Gasteiger partial charge >= 0.3 is 6.01 Å². The molecular formula is C28H25N7O3. The Morgan fingerprint density at radius 3 is 2.50 bits per heavy atom. The molecule has 2 aromatic carbocycles. The predicted octanol–water partition coefficient (Wildman–Crippen LogP) is 3.44. The standard InChI is InChI=1S/C28H25N7O3/c36-26-24(31-23(17-7-2-1-3-8-17)20-9-4-5-11-22(20)30-26)32-28-34-33-27(38-28)21-10-6-12-29-25(21)35-13-18-15-37-16-19(18)14-35/h1-12,18-19,24H,13-16H2,(H,30,36)(H,32,34)/t18-,19?,24?/m0/s1. The first-order valence-electron chi connectivity index (χ1n) is 12.6. The second-order valence-corrected chi connectivity index (χ2v) is 9.67. The summed E-state index contributed by atoms with van der Waals surface area (Å²) < 4.78 is 11.6. The number of anilines is 3. The molecule has 10 nitrogen and oxygen atoms in total. The van der Waals surface area contributed by atoms with Gasteiger partial charge in [0.1, 0.15) is 5.82 Å². The summed E-state index contributed by atoms with van der Waals surface area (Å²) in [5, 5.41) is 14.4. The number of hydrogen-bond donors (Lipinski definition) is 2.